The number of hydrogen-bond acceptors (Lipinski definition) is 3. The Labute approximate surface area is 166 Å². The van der Waals surface area contributed by atoms with Gasteiger partial charge in [-0.1, -0.05) is 64.5 Å². The van der Waals surface area contributed by atoms with Gasteiger partial charge in [-0.25, -0.2) is 8.42 Å². The number of nitrogens with two attached hydrogens (primary N) is 1. The number of carbonyl (C=O) groups excluding carboxylic acids is 1. The molecule has 5 nitrogen and oxygen atoms in total. The minimum Gasteiger partial charge on any atom is -0.366 e. The molecule has 0 radical (unpaired) electrons. The second kappa shape index (κ2) is 7.94. The second-order valence-electron chi connectivity index (χ2n) is 5.84. The third-order valence-electron chi connectivity index (χ3n) is 3.99. The standard InChI is InChI=1S/C20H17BrN2O3S/c21-16-11-12-19(18(13-16)20(22)24)23(14-15-7-3-1-4-8-15)27(25,26)17-9-5-2-6-10-17/h1-13H,14H2,(H2,22,24). The summed E-state index contributed by atoms with van der Waals surface area (Å²) in [5.74, 6) is -0.701. The Hall–Kier alpha value is -2.64. The zero-order valence-electron chi connectivity index (χ0n) is 14.2. The van der Waals surface area contributed by atoms with E-state index in [1.165, 1.54) is 22.5 Å². The number of halogens is 1. The average Bonchev–Trinajstić information content (AvgIpc) is 2.67. The summed E-state index contributed by atoms with van der Waals surface area (Å²) in [6.07, 6.45) is 0. The molecule has 0 heterocycles. The fraction of sp³-hybridized carbons (Fsp3) is 0.0500. The smallest absolute Gasteiger partial charge is 0.264 e. The van der Waals surface area contributed by atoms with Crippen molar-refractivity contribution in [2.45, 2.75) is 11.4 Å². The molecule has 0 saturated heterocycles. The van der Waals surface area contributed by atoms with Crippen LogP contribution in [0.5, 0.6) is 0 Å². The first-order valence-corrected chi connectivity index (χ1v) is 10.3. The van der Waals surface area contributed by atoms with Gasteiger partial charge in [0, 0.05) is 4.47 Å². The van der Waals surface area contributed by atoms with Crippen LogP contribution in [-0.4, -0.2) is 14.3 Å². The summed E-state index contributed by atoms with van der Waals surface area (Å²) in [5, 5.41) is 0. The molecule has 138 valence electrons. The topological polar surface area (TPSA) is 80.5 Å². The number of carbonyl (C=O) groups is 1. The summed E-state index contributed by atoms with van der Waals surface area (Å²) in [6.45, 7) is 0.0694. The second-order valence-corrected chi connectivity index (χ2v) is 8.61. The highest BCUT2D eigenvalue weighted by Crippen LogP contribution is 2.31. The number of rotatable bonds is 6. The largest absolute Gasteiger partial charge is 0.366 e. The summed E-state index contributed by atoms with van der Waals surface area (Å²) in [5.41, 5.74) is 6.66. The Bertz CT molecular complexity index is 1060. The van der Waals surface area contributed by atoms with Crippen molar-refractivity contribution in [3.05, 3.63) is 94.5 Å². The fourth-order valence-electron chi connectivity index (χ4n) is 2.69. The number of anilines is 1. The predicted octanol–water partition coefficient (Wildman–Crippen LogP) is 3.94. The van der Waals surface area contributed by atoms with Crippen LogP contribution in [-0.2, 0) is 16.6 Å². The van der Waals surface area contributed by atoms with Crippen molar-refractivity contribution < 1.29 is 13.2 Å². The maximum Gasteiger partial charge on any atom is 0.264 e. The quantitative estimate of drug-likeness (QED) is 0.624. The van der Waals surface area contributed by atoms with Gasteiger partial charge in [-0.05, 0) is 35.9 Å². The highest BCUT2D eigenvalue weighted by atomic mass is 79.9. The lowest BCUT2D eigenvalue weighted by Crippen LogP contribution is -2.32. The molecule has 27 heavy (non-hydrogen) atoms. The molecule has 0 saturated carbocycles. The van der Waals surface area contributed by atoms with Crippen molar-refractivity contribution in [1.82, 2.24) is 0 Å². The van der Waals surface area contributed by atoms with E-state index in [-0.39, 0.29) is 22.7 Å². The minimum atomic E-state index is -3.91. The average molecular weight is 445 g/mol. The number of sulfonamides is 1. The molecule has 0 atom stereocenters. The van der Waals surface area contributed by atoms with Gasteiger partial charge >= 0.3 is 0 Å². The monoisotopic (exact) mass is 444 g/mol. The summed E-state index contributed by atoms with van der Waals surface area (Å²) in [6, 6.07) is 22.1. The molecule has 0 unspecified atom stereocenters. The third kappa shape index (κ3) is 4.20. The minimum absolute atomic E-state index is 0.0694. The Morgan fingerprint density at radius 3 is 2.11 bits per heavy atom. The van der Waals surface area contributed by atoms with E-state index in [0.29, 0.717) is 4.47 Å². The molecule has 0 aliphatic carbocycles. The molecule has 7 heteroatoms. The zero-order chi connectivity index (χ0) is 19.4. The lowest BCUT2D eigenvalue weighted by molar-refractivity contribution is 0.100. The van der Waals surface area contributed by atoms with Crippen LogP contribution in [0.1, 0.15) is 15.9 Å². The molecule has 0 aliphatic heterocycles. The molecule has 2 N–H and O–H groups in total. The van der Waals surface area contributed by atoms with E-state index in [0.717, 1.165) is 5.56 Å². The highest BCUT2D eigenvalue weighted by Gasteiger charge is 2.28. The summed E-state index contributed by atoms with van der Waals surface area (Å²) < 4.78 is 28.6. The first kappa shape index (κ1) is 19.1. The third-order valence-corrected chi connectivity index (χ3v) is 6.26. The van der Waals surface area contributed by atoms with Crippen molar-refractivity contribution in [3.8, 4) is 0 Å². The Kier molecular flexibility index (Phi) is 5.62. The van der Waals surface area contributed by atoms with Crippen molar-refractivity contribution in [3.63, 3.8) is 0 Å². The molecule has 0 spiro atoms. The van der Waals surface area contributed by atoms with E-state index in [4.69, 9.17) is 5.73 Å². The lowest BCUT2D eigenvalue weighted by atomic mass is 10.1. The maximum atomic E-state index is 13.4. The van der Waals surface area contributed by atoms with Crippen molar-refractivity contribution >= 4 is 37.5 Å². The van der Waals surface area contributed by atoms with Crippen LogP contribution in [0.2, 0.25) is 0 Å². The molecule has 3 aromatic carbocycles. The Morgan fingerprint density at radius 2 is 1.52 bits per heavy atom. The summed E-state index contributed by atoms with van der Waals surface area (Å²) >= 11 is 3.30. The van der Waals surface area contributed by atoms with Gasteiger partial charge in [0.1, 0.15) is 0 Å². The van der Waals surface area contributed by atoms with Crippen LogP contribution in [0.15, 0.2) is 88.2 Å². The normalized spacial score (nSPS) is 11.1. The van der Waals surface area contributed by atoms with Crippen molar-refractivity contribution in [2.24, 2.45) is 5.73 Å². The first-order chi connectivity index (χ1) is 12.9. The Balaban J connectivity index is 2.19. The van der Waals surface area contributed by atoms with Gasteiger partial charge in [0.15, 0.2) is 0 Å². The predicted molar refractivity (Wildman–Crippen MR) is 109 cm³/mol. The van der Waals surface area contributed by atoms with Crippen LogP contribution in [0, 0.1) is 0 Å². The molecule has 0 bridgehead atoms. The SMILES string of the molecule is NC(=O)c1cc(Br)ccc1N(Cc1ccccc1)S(=O)(=O)c1ccccc1. The van der Waals surface area contributed by atoms with Crippen molar-refractivity contribution in [1.29, 1.82) is 0 Å². The maximum absolute atomic E-state index is 13.4. The summed E-state index contributed by atoms with van der Waals surface area (Å²) in [4.78, 5) is 12.1. The van der Waals surface area contributed by atoms with Gasteiger partial charge in [0.2, 0.25) is 0 Å². The van der Waals surface area contributed by atoms with Gasteiger partial charge in [0.05, 0.1) is 22.7 Å². The molecule has 1 amide bonds. The van der Waals surface area contributed by atoms with E-state index >= 15 is 0 Å². The number of primary amides is 1. The van der Waals surface area contributed by atoms with Crippen LogP contribution < -0.4 is 10.0 Å². The first-order valence-electron chi connectivity index (χ1n) is 8.10. The van der Waals surface area contributed by atoms with E-state index in [1.807, 2.05) is 30.3 Å². The fourth-order valence-corrected chi connectivity index (χ4v) is 4.55. The number of hydrogen-bond donors (Lipinski definition) is 1. The Morgan fingerprint density at radius 1 is 0.926 bits per heavy atom. The number of nitrogens with zero attached hydrogens (tertiary/aromatic N) is 1. The molecule has 0 aliphatic rings. The summed E-state index contributed by atoms with van der Waals surface area (Å²) in [7, 11) is -3.91. The number of amides is 1. The van der Waals surface area contributed by atoms with Crippen LogP contribution in [0.3, 0.4) is 0 Å². The van der Waals surface area contributed by atoms with Crippen molar-refractivity contribution in [2.75, 3.05) is 4.31 Å². The van der Waals surface area contributed by atoms with E-state index in [9.17, 15) is 13.2 Å². The molecular formula is C20H17BrN2O3S. The zero-order valence-corrected chi connectivity index (χ0v) is 16.7. The highest BCUT2D eigenvalue weighted by molar-refractivity contribution is 9.10. The van der Waals surface area contributed by atoms with Gasteiger partial charge in [-0.15, -0.1) is 0 Å². The molecule has 0 aromatic heterocycles. The molecule has 0 fully saturated rings. The van der Waals surface area contributed by atoms with E-state index in [2.05, 4.69) is 15.9 Å². The number of benzene rings is 3. The van der Waals surface area contributed by atoms with Gasteiger partial charge in [0.25, 0.3) is 15.9 Å². The van der Waals surface area contributed by atoms with Gasteiger partial charge in [-0.3, -0.25) is 9.10 Å². The van der Waals surface area contributed by atoms with Crippen LogP contribution in [0.4, 0.5) is 5.69 Å². The van der Waals surface area contributed by atoms with Gasteiger partial charge in [-0.2, -0.15) is 0 Å². The van der Waals surface area contributed by atoms with E-state index in [1.54, 1.807) is 30.3 Å². The lowest BCUT2D eigenvalue weighted by Gasteiger charge is -2.26. The molecular weight excluding hydrogens is 428 g/mol. The van der Waals surface area contributed by atoms with Crippen LogP contribution in [0.25, 0.3) is 0 Å². The van der Waals surface area contributed by atoms with E-state index < -0.39 is 15.9 Å². The van der Waals surface area contributed by atoms with Crippen LogP contribution >= 0.6 is 15.9 Å². The molecule has 3 rings (SSSR count). The molecule has 3 aromatic rings. The van der Waals surface area contributed by atoms with Gasteiger partial charge < -0.3 is 5.73 Å².